The lowest BCUT2D eigenvalue weighted by Crippen LogP contribution is -2.25. The van der Waals surface area contributed by atoms with Gasteiger partial charge in [0.25, 0.3) is 5.91 Å². The van der Waals surface area contributed by atoms with Crippen LogP contribution in [0, 0.1) is 0 Å². The SMILES string of the molecule is O=C(NCc1nnc2n1CCCCC2)c1ccc2c(c1)OCO2. The predicted molar refractivity (Wildman–Crippen MR) is 81.3 cm³/mol. The van der Waals surface area contributed by atoms with Crippen molar-refractivity contribution in [2.45, 2.75) is 38.8 Å². The van der Waals surface area contributed by atoms with Crippen LogP contribution in [0.15, 0.2) is 18.2 Å². The molecule has 1 N–H and O–H groups in total. The number of nitrogens with one attached hydrogen (secondary N) is 1. The molecule has 0 radical (unpaired) electrons. The number of fused-ring (bicyclic) bond motifs is 2. The van der Waals surface area contributed by atoms with Crippen LogP contribution < -0.4 is 14.8 Å². The van der Waals surface area contributed by atoms with Gasteiger partial charge in [-0.25, -0.2) is 0 Å². The second kappa shape index (κ2) is 5.91. The van der Waals surface area contributed by atoms with Gasteiger partial charge < -0.3 is 19.4 Å². The molecule has 3 heterocycles. The molecule has 2 aliphatic rings. The first-order chi connectivity index (χ1) is 11.3. The third-order valence-corrected chi connectivity index (χ3v) is 4.23. The van der Waals surface area contributed by atoms with Crippen LogP contribution in [0.25, 0.3) is 0 Å². The van der Waals surface area contributed by atoms with Crippen molar-refractivity contribution in [3.05, 3.63) is 35.4 Å². The van der Waals surface area contributed by atoms with Crippen LogP contribution in [0.5, 0.6) is 11.5 Å². The molecule has 0 atom stereocenters. The molecule has 120 valence electrons. The summed E-state index contributed by atoms with van der Waals surface area (Å²) in [5.41, 5.74) is 0.546. The number of benzene rings is 1. The number of carbonyl (C=O) groups excluding carboxylic acids is 1. The average molecular weight is 314 g/mol. The molecule has 1 aromatic heterocycles. The maximum atomic E-state index is 12.3. The first kappa shape index (κ1) is 14.0. The molecule has 4 rings (SSSR count). The first-order valence-corrected chi connectivity index (χ1v) is 7.90. The molecular weight excluding hydrogens is 296 g/mol. The van der Waals surface area contributed by atoms with Crippen LogP contribution in [-0.4, -0.2) is 27.5 Å². The summed E-state index contributed by atoms with van der Waals surface area (Å²) in [5.74, 6) is 2.96. The molecule has 7 nitrogen and oxygen atoms in total. The molecule has 0 bridgehead atoms. The highest BCUT2D eigenvalue weighted by Crippen LogP contribution is 2.32. The van der Waals surface area contributed by atoms with Crippen molar-refractivity contribution in [3.63, 3.8) is 0 Å². The molecule has 1 amide bonds. The van der Waals surface area contributed by atoms with Crippen molar-refractivity contribution < 1.29 is 14.3 Å². The first-order valence-electron chi connectivity index (χ1n) is 7.90. The summed E-state index contributed by atoms with van der Waals surface area (Å²) in [6.07, 6.45) is 4.46. The van der Waals surface area contributed by atoms with Crippen molar-refractivity contribution in [2.24, 2.45) is 0 Å². The second-order valence-electron chi connectivity index (χ2n) is 5.75. The molecule has 0 saturated carbocycles. The van der Waals surface area contributed by atoms with E-state index < -0.39 is 0 Å². The van der Waals surface area contributed by atoms with Gasteiger partial charge in [-0.3, -0.25) is 4.79 Å². The Kier molecular flexibility index (Phi) is 3.61. The van der Waals surface area contributed by atoms with E-state index in [0.29, 0.717) is 23.6 Å². The summed E-state index contributed by atoms with van der Waals surface area (Å²) < 4.78 is 12.7. The van der Waals surface area contributed by atoms with Crippen LogP contribution in [0.1, 0.15) is 41.3 Å². The Hall–Kier alpha value is -2.57. The van der Waals surface area contributed by atoms with Gasteiger partial charge in [0, 0.05) is 18.5 Å². The fourth-order valence-electron chi connectivity index (χ4n) is 2.98. The number of nitrogens with zero attached hydrogens (tertiary/aromatic N) is 3. The van der Waals surface area contributed by atoms with Gasteiger partial charge in [0.1, 0.15) is 5.82 Å². The normalized spacial score (nSPS) is 15.8. The molecule has 1 aromatic carbocycles. The lowest BCUT2D eigenvalue weighted by atomic mass is 10.2. The van der Waals surface area contributed by atoms with E-state index in [2.05, 4.69) is 20.1 Å². The largest absolute Gasteiger partial charge is 0.454 e. The summed E-state index contributed by atoms with van der Waals surface area (Å²) in [6.45, 7) is 1.50. The molecule has 2 aliphatic heterocycles. The van der Waals surface area contributed by atoms with E-state index in [4.69, 9.17) is 9.47 Å². The highest BCUT2D eigenvalue weighted by Gasteiger charge is 2.18. The number of amides is 1. The van der Waals surface area contributed by atoms with Gasteiger partial charge in [0.05, 0.1) is 6.54 Å². The van der Waals surface area contributed by atoms with E-state index in [9.17, 15) is 4.79 Å². The quantitative estimate of drug-likeness (QED) is 0.932. The third-order valence-electron chi connectivity index (χ3n) is 4.23. The van der Waals surface area contributed by atoms with Gasteiger partial charge in [-0.2, -0.15) is 0 Å². The Balaban J connectivity index is 1.45. The zero-order valence-corrected chi connectivity index (χ0v) is 12.7. The predicted octanol–water partition coefficient (Wildman–Crippen LogP) is 1.66. The van der Waals surface area contributed by atoms with Crippen LogP contribution in [0.3, 0.4) is 0 Å². The summed E-state index contributed by atoms with van der Waals surface area (Å²) in [5, 5.41) is 11.4. The fourth-order valence-corrected chi connectivity index (χ4v) is 2.98. The summed E-state index contributed by atoms with van der Waals surface area (Å²) >= 11 is 0. The fraction of sp³-hybridized carbons (Fsp3) is 0.438. The maximum absolute atomic E-state index is 12.3. The molecule has 2 aromatic rings. The Morgan fingerprint density at radius 1 is 1.17 bits per heavy atom. The zero-order valence-electron chi connectivity index (χ0n) is 12.7. The van der Waals surface area contributed by atoms with E-state index in [-0.39, 0.29) is 12.7 Å². The van der Waals surface area contributed by atoms with Crippen molar-refractivity contribution in [1.29, 1.82) is 0 Å². The van der Waals surface area contributed by atoms with E-state index in [0.717, 1.165) is 37.5 Å². The zero-order chi connectivity index (χ0) is 15.6. The van der Waals surface area contributed by atoms with E-state index in [1.165, 1.54) is 6.42 Å². The van der Waals surface area contributed by atoms with Gasteiger partial charge in [-0.05, 0) is 31.0 Å². The molecule has 0 aliphatic carbocycles. The van der Waals surface area contributed by atoms with Crippen LogP contribution in [0.2, 0.25) is 0 Å². The highest BCUT2D eigenvalue weighted by molar-refractivity contribution is 5.94. The molecule has 23 heavy (non-hydrogen) atoms. The minimum Gasteiger partial charge on any atom is -0.454 e. The second-order valence-corrected chi connectivity index (χ2v) is 5.75. The van der Waals surface area contributed by atoms with E-state index >= 15 is 0 Å². The van der Waals surface area contributed by atoms with Gasteiger partial charge in [0.15, 0.2) is 17.3 Å². The molecule has 7 heteroatoms. The Bertz CT molecular complexity index is 741. The summed E-state index contributed by atoms with van der Waals surface area (Å²) in [4.78, 5) is 12.3. The number of rotatable bonds is 3. The Labute approximate surface area is 133 Å². The smallest absolute Gasteiger partial charge is 0.251 e. The number of aryl methyl sites for hydroxylation is 1. The standard InChI is InChI=1S/C16H18N4O3/c21-16(11-5-6-12-13(8-11)23-10-22-12)17-9-15-19-18-14-4-2-1-3-7-20(14)15/h5-6,8H,1-4,7,9-10H2,(H,17,21). The van der Waals surface area contributed by atoms with Crippen LogP contribution in [-0.2, 0) is 19.5 Å². The maximum Gasteiger partial charge on any atom is 0.251 e. The lowest BCUT2D eigenvalue weighted by molar-refractivity contribution is 0.0949. The van der Waals surface area contributed by atoms with Crippen molar-refractivity contribution in [1.82, 2.24) is 20.1 Å². The van der Waals surface area contributed by atoms with Crippen LogP contribution in [0.4, 0.5) is 0 Å². The van der Waals surface area contributed by atoms with Crippen molar-refractivity contribution in [3.8, 4) is 11.5 Å². The van der Waals surface area contributed by atoms with Gasteiger partial charge in [-0.1, -0.05) is 6.42 Å². The van der Waals surface area contributed by atoms with Gasteiger partial charge in [0.2, 0.25) is 6.79 Å². The molecule has 0 unspecified atom stereocenters. The number of aromatic nitrogens is 3. The molecule has 0 spiro atoms. The van der Waals surface area contributed by atoms with E-state index in [1.807, 2.05) is 0 Å². The van der Waals surface area contributed by atoms with E-state index in [1.54, 1.807) is 18.2 Å². The minimum absolute atomic E-state index is 0.158. The minimum atomic E-state index is -0.158. The van der Waals surface area contributed by atoms with Crippen molar-refractivity contribution >= 4 is 5.91 Å². The third kappa shape index (κ3) is 2.74. The Morgan fingerprint density at radius 3 is 3.04 bits per heavy atom. The number of hydrogen-bond donors (Lipinski definition) is 1. The number of ether oxygens (including phenoxy) is 2. The molecular formula is C16H18N4O3. The van der Waals surface area contributed by atoms with Gasteiger partial charge >= 0.3 is 0 Å². The monoisotopic (exact) mass is 314 g/mol. The number of carbonyl (C=O) groups is 1. The molecule has 0 fully saturated rings. The van der Waals surface area contributed by atoms with Crippen molar-refractivity contribution in [2.75, 3.05) is 6.79 Å². The lowest BCUT2D eigenvalue weighted by Gasteiger charge is -2.08. The topological polar surface area (TPSA) is 78.3 Å². The molecule has 0 saturated heterocycles. The van der Waals surface area contributed by atoms with Crippen LogP contribution >= 0.6 is 0 Å². The highest BCUT2D eigenvalue weighted by atomic mass is 16.7. The number of hydrogen-bond acceptors (Lipinski definition) is 5. The Morgan fingerprint density at radius 2 is 2.09 bits per heavy atom. The van der Waals surface area contributed by atoms with Gasteiger partial charge in [-0.15, -0.1) is 10.2 Å². The average Bonchev–Trinajstić information content (AvgIpc) is 3.12. The summed E-state index contributed by atoms with van der Waals surface area (Å²) in [7, 11) is 0. The summed E-state index contributed by atoms with van der Waals surface area (Å²) in [6, 6.07) is 5.18.